The maximum absolute atomic E-state index is 14.8. The van der Waals surface area contributed by atoms with E-state index < -0.39 is 106 Å². The number of fused-ring (bicyclic) bond motifs is 5. The van der Waals surface area contributed by atoms with Crippen LogP contribution in [0.25, 0.3) is 0 Å². The molecule has 0 unspecified atom stereocenters. The fourth-order valence-electron chi connectivity index (χ4n) is 10.8. The molecule has 4 fully saturated rings. The van der Waals surface area contributed by atoms with Crippen molar-refractivity contribution in [2.45, 2.75) is 142 Å². The Balaban J connectivity index is 1.48. The van der Waals surface area contributed by atoms with Gasteiger partial charge in [0.05, 0.1) is 12.7 Å². The zero-order valence-corrected chi connectivity index (χ0v) is 31.1. The first-order valence-corrected chi connectivity index (χ1v) is 17.9. The lowest BCUT2D eigenvalue weighted by Gasteiger charge is -2.64. The van der Waals surface area contributed by atoms with E-state index in [9.17, 15) is 49.8 Å². The van der Waals surface area contributed by atoms with Crippen LogP contribution in [0.4, 0.5) is 0 Å². The molecular formula is C38H56O13. The second-order valence-electron chi connectivity index (χ2n) is 17.6. The van der Waals surface area contributed by atoms with Crippen molar-refractivity contribution in [1.82, 2.24) is 0 Å². The van der Waals surface area contributed by atoms with Crippen LogP contribution in [0.15, 0.2) is 23.8 Å². The van der Waals surface area contributed by atoms with E-state index in [1.54, 1.807) is 27.7 Å². The minimum atomic E-state index is -2.08. The number of ketones is 3. The van der Waals surface area contributed by atoms with Crippen molar-refractivity contribution in [2.24, 2.45) is 39.4 Å². The molecule has 6 N–H and O–H groups in total. The summed E-state index contributed by atoms with van der Waals surface area (Å²) in [6.07, 6.45) is -4.90. The number of esters is 1. The molecular weight excluding hydrogens is 664 g/mol. The maximum atomic E-state index is 14.8. The fraction of sp³-hybridized carbons (Fsp3) is 0.789. The summed E-state index contributed by atoms with van der Waals surface area (Å²) in [5.41, 5.74) is -6.34. The maximum Gasteiger partial charge on any atom is 0.303 e. The summed E-state index contributed by atoms with van der Waals surface area (Å²) < 4.78 is 16.9. The Morgan fingerprint density at radius 1 is 1.00 bits per heavy atom. The van der Waals surface area contributed by atoms with Crippen molar-refractivity contribution < 1.29 is 64.0 Å². The van der Waals surface area contributed by atoms with E-state index >= 15 is 0 Å². The number of aliphatic hydroxyl groups is 6. The van der Waals surface area contributed by atoms with E-state index in [1.807, 2.05) is 26.8 Å². The summed E-state index contributed by atoms with van der Waals surface area (Å²) in [6, 6.07) is 0. The Bertz CT molecular complexity index is 1510. The zero-order valence-electron chi connectivity index (χ0n) is 31.1. The number of hydrogen-bond acceptors (Lipinski definition) is 13. The Kier molecular flexibility index (Phi) is 10.1. The standard InChI is InChI=1S/C38H56O13/c1-18(40)51-33(2,3)13-12-25(42)38(9,48)30-21(41)15-35(6)24-11-10-19-20(37(24,8)26(43)16-36(30,35)7)14-22(31(47)34(19,4)5)49-32-29(46)28(45)27(44)23(17-39)50-32/h10,12-13,20-24,27-30,32,39,41,44-46,48H,11,14-17H2,1-9H3/b13-12+/t20-,21-,22-,23+,24+,27+,28-,29+,30+,32+,35+,36-,37+,38+/m1/s1. The molecule has 1 aliphatic heterocycles. The molecule has 1 heterocycles. The first-order valence-electron chi connectivity index (χ1n) is 17.9. The van der Waals surface area contributed by atoms with Gasteiger partial charge in [0.15, 0.2) is 17.9 Å². The summed E-state index contributed by atoms with van der Waals surface area (Å²) >= 11 is 0. The average Bonchev–Trinajstić information content (AvgIpc) is 3.22. The Morgan fingerprint density at radius 2 is 1.63 bits per heavy atom. The second-order valence-corrected chi connectivity index (χ2v) is 17.6. The van der Waals surface area contributed by atoms with Crippen molar-refractivity contribution >= 4 is 23.3 Å². The monoisotopic (exact) mass is 720 g/mol. The first kappa shape index (κ1) is 39.8. The van der Waals surface area contributed by atoms with Gasteiger partial charge in [0.25, 0.3) is 0 Å². The largest absolute Gasteiger partial charge is 0.456 e. The van der Waals surface area contributed by atoms with Crippen LogP contribution in [0.2, 0.25) is 0 Å². The lowest BCUT2D eigenvalue weighted by atomic mass is 9.38. The smallest absolute Gasteiger partial charge is 0.303 e. The minimum Gasteiger partial charge on any atom is -0.456 e. The molecule has 0 aromatic heterocycles. The molecule has 0 bridgehead atoms. The first-order chi connectivity index (χ1) is 23.3. The summed E-state index contributed by atoms with van der Waals surface area (Å²) in [7, 11) is 0. The van der Waals surface area contributed by atoms with Gasteiger partial charge in [0.1, 0.15) is 47.5 Å². The van der Waals surface area contributed by atoms with E-state index in [2.05, 4.69) is 0 Å². The van der Waals surface area contributed by atoms with Gasteiger partial charge in [-0.25, -0.2) is 0 Å². The van der Waals surface area contributed by atoms with E-state index in [-0.39, 0.29) is 36.7 Å². The second kappa shape index (κ2) is 12.9. The van der Waals surface area contributed by atoms with Gasteiger partial charge in [-0.3, -0.25) is 19.2 Å². The molecule has 14 atom stereocenters. The van der Waals surface area contributed by atoms with Crippen LogP contribution < -0.4 is 0 Å². The highest BCUT2D eigenvalue weighted by Crippen LogP contribution is 2.74. The van der Waals surface area contributed by atoms with E-state index in [4.69, 9.17) is 14.2 Å². The van der Waals surface area contributed by atoms with Gasteiger partial charge < -0.3 is 44.8 Å². The molecule has 0 aromatic carbocycles. The van der Waals surface area contributed by atoms with Crippen LogP contribution in [0, 0.1) is 39.4 Å². The van der Waals surface area contributed by atoms with Crippen LogP contribution in [-0.2, 0) is 33.4 Å². The molecule has 4 aliphatic carbocycles. The number of carbonyl (C=O) groups excluding carboxylic acids is 4. The highest BCUT2D eigenvalue weighted by molar-refractivity contribution is 5.98. The van der Waals surface area contributed by atoms with Crippen molar-refractivity contribution in [3.8, 4) is 0 Å². The van der Waals surface area contributed by atoms with Crippen molar-refractivity contribution in [2.75, 3.05) is 6.61 Å². The van der Waals surface area contributed by atoms with Crippen LogP contribution in [0.3, 0.4) is 0 Å². The van der Waals surface area contributed by atoms with Gasteiger partial charge >= 0.3 is 5.97 Å². The van der Waals surface area contributed by atoms with Gasteiger partial charge in [-0.05, 0) is 88.7 Å². The molecule has 13 nitrogen and oxygen atoms in total. The van der Waals surface area contributed by atoms with Gasteiger partial charge in [-0.2, -0.15) is 0 Å². The summed E-state index contributed by atoms with van der Waals surface area (Å²) in [4.78, 5) is 54.0. The zero-order chi connectivity index (χ0) is 38.4. The number of carbonyl (C=O) groups is 4. The SMILES string of the molecule is CC(=O)OC(C)(C)/C=C/C(=O)[C@](C)(O)[C@H]1[C@H](O)C[C@@]2(C)[C@@H]3CC=C4[C@@H](C[C@@H](O[C@H]5O[C@@H](CO)[C@H](O)[C@@H](O)[C@@H]5O)C(=O)C4(C)C)[C@]3(C)C(=O)C[C@]12C. The predicted octanol–water partition coefficient (Wildman–Crippen LogP) is 1.32. The highest BCUT2D eigenvalue weighted by Gasteiger charge is 2.74. The molecule has 0 spiro atoms. The predicted molar refractivity (Wildman–Crippen MR) is 180 cm³/mol. The van der Waals surface area contributed by atoms with Gasteiger partial charge in [0, 0.05) is 30.1 Å². The third-order valence-electron chi connectivity index (χ3n) is 13.7. The number of allylic oxidation sites excluding steroid dienone is 2. The average molecular weight is 721 g/mol. The summed E-state index contributed by atoms with van der Waals surface area (Å²) in [5.74, 6) is -3.56. The molecule has 0 aromatic rings. The van der Waals surface area contributed by atoms with Crippen LogP contribution >= 0.6 is 0 Å². The molecule has 1 saturated heterocycles. The van der Waals surface area contributed by atoms with Gasteiger partial charge in [-0.15, -0.1) is 0 Å². The number of ether oxygens (including phenoxy) is 3. The normalized spacial score (nSPS) is 45.0. The number of aliphatic hydroxyl groups excluding tert-OH is 5. The highest BCUT2D eigenvalue weighted by atomic mass is 16.7. The Labute approximate surface area is 299 Å². The molecule has 0 radical (unpaired) electrons. The topological polar surface area (TPSA) is 217 Å². The molecule has 51 heavy (non-hydrogen) atoms. The molecule has 13 heteroatoms. The quantitative estimate of drug-likeness (QED) is 0.119. The molecule has 5 rings (SSSR count). The summed E-state index contributed by atoms with van der Waals surface area (Å²) in [6.45, 7) is 14.4. The van der Waals surface area contributed by atoms with E-state index in [0.29, 0.717) is 6.42 Å². The van der Waals surface area contributed by atoms with E-state index in [1.165, 1.54) is 19.9 Å². The lowest BCUT2D eigenvalue weighted by Crippen LogP contribution is -2.66. The van der Waals surface area contributed by atoms with Crippen molar-refractivity contribution in [1.29, 1.82) is 0 Å². The van der Waals surface area contributed by atoms with Gasteiger partial charge in [-0.1, -0.05) is 32.4 Å². The van der Waals surface area contributed by atoms with E-state index in [0.717, 1.165) is 11.6 Å². The van der Waals surface area contributed by atoms with Crippen molar-refractivity contribution in [3.63, 3.8) is 0 Å². The number of rotatable bonds is 8. The Morgan fingerprint density at radius 3 is 2.22 bits per heavy atom. The number of Topliss-reactive ketones (excluding diaryl/α,β-unsaturated/α-hetero) is 2. The third kappa shape index (κ3) is 6.00. The number of hydrogen-bond donors (Lipinski definition) is 6. The van der Waals surface area contributed by atoms with Crippen LogP contribution in [-0.4, -0.2) is 115 Å². The molecule has 0 amide bonds. The van der Waals surface area contributed by atoms with Crippen molar-refractivity contribution in [3.05, 3.63) is 23.8 Å². The minimum absolute atomic E-state index is 0.0549. The summed E-state index contributed by atoms with van der Waals surface area (Å²) in [5, 5.41) is 64.7. The van der Waals surface area contributed by atoms with Gasteiger partial charge in [0.2, 0.25) is 0 Å². The molecule has 3 saturated carbocycles. The lowest BCUT2D eigenvalue weighted by molar-refractivity contribution is -0.311. The Hall–Kier alpha value is -2.36. The fourth-order valence-corrected chi connectivity index (χ4v) is 10.8. The van der Waals surface area contributed by atoms with Crippen LogP contribution in [0.5, 0.6) is 0 Å². The third-order valence-corrected chi connectivity index (χ3v) is 13.7. The molecule has 5 aliphatic rings. The molecule has 286 valence electrons. The van der Waals surface area contributed by atoms with Crippen LogP contribution in [0.1, 0.15) is 88.0 Å².